The molecule has 0 aliphatic carbocycles. The van der Waals surface area contributed by atoms with Gasteiger partial charge < -0.3 is 14.2 Å². The first kappa shape index (κ1) is 22.3. The van der Waals surface area contributed by atoms with Gasteiger partial charge in [-0.2, -0.15) is 0 Å². The molecule has 0 spiro atoms. The number of fused-ring (bicyclic) bond motifs is 1. The first-order chi connectivity index (χ1) is 15.5. The molecule has 4 rings (SSSR count). The first-order valence-electron chi connectivity index (χ1n) is 10.1. The van der Waals surface area contributed by atoms with Crippen LogP contribution in [0.2, 0.25) is 0 Å². The average Bonchev–Trinajstić information content (AvgIpc) is 2.80. The van der Waals surface area contributed by atoms with Crippen LogP contribution in [0, 0.1) is 41.0 Å². The lowest BCUT2D eigenvalue weighted by molar-refractivity contribution is -0.207. The van der Waals surface area contributed by atoms with Gasteiger partial charge in [0.15, 0.2) is 17.9 Å². The molecule has 7 heteroatoms. The van der Waals surface area contributed by atoms with Gasteiger partial charge in [-0.25, -0.2) is 17.6 Å². The summed E-state index contributed by atoms with van der Waals surface area (Å²) in [5.74, 6) is 1.75. The van der Waals surface area contributed by atoms with Crippen molar-refractivity contribution in [2.24, 2.45) is 5.92 Å². The molecule has 1 aliphatic heterocycles. The van der Waals surface area contributed by atoms with Crippen LogP contribution in [0.25, 0.3) is 10.8 Å². The molecule has 0 amide bonds. The number of methoxy groups -OCH3 is 1. The Bertz CT molecular complexity index is 1170. The predicted molar refractivity (Wildman–Crippen MR) is 111 cm³/mol. The maximum absolute atomic E-state index is 14.6. The van der Waals surface area contributed by atoms with Crippen LogP contribution in [-0.4, -0.2) is 26.9 Å². The largest absolute Gasteiger partial charge is 0.385 e. The number of rotatable bonds is 4. The molecule has 0 radical (unpaired) electrons. The standard InChI is InChI=1S/C25H20F4O3/c1-30-9-8-16-13-31-25(32-14-16)18-11-22(27)20(23(28)12-18)6-3-15-2-5-19-17(10-15)4-7-21(26)24(19)29/h2,4-5,7,10-12,16,25H,8-9,13-14H2,1H3. The van der Waals surface area contributed by atoms with Gasteiger partial charge in [-0.3, -0.25) is 0 Å². The molecule has 3 nitrogen and oxygen atoms in total. The topological polar surface area (TPSA) is 27.7 Å². The van der Waals surface area contributed by atoms with Gasteiger partial charge >= 0.3 is 0 Å². The highest BCUT2D eigenvalue weighted by molar-refractivity contribution is 5.84. The minimum Gasteiger partial charge on any atom is -0.385 e. The molecule has 1 saturated heterocycles. The second-order valence-corrected chi connectivity index (χ2v) is 7.55. The molecular weight excluding hydrogens is 424 g/mol. The highest BCUT2D eigenvalue weighted by Crippen LogP contribution is 2.29. The van der Waals surface area contributed by atoms with Gasteiger partial charge in [0, 0.05) is 36.1 Å². The number of ether oxygens (including phenoxy) is 3. The van der Waals surface area contributed by atoms with E-state index in [0.29, 0.717) is 30.8 Å². The Labute approximate surface area is 182 Å². The fourth-order valence-electron chi connectivity index (χ4n) is 3.51. The normalized spacial score (nSPS) is 18.4. The molecule has 0 saturated carbocycles. The van der Waals surface area contributed by atoms with Crippen LogP contribution in [0.3, 0.4) is 0 Å². The van der Waals surface area contributed by atoms with Crippen molar-refractivity contribution in [1.82, 2.24) is 0 Å². The van der Waals surface area contributed by atoms with Gasteiger partial charge in [-0.15, -0.1) is 0 Å². The van der Waals surface area contributed by atoms with Crippen molar-refractivity contribution >= 4 is 10.8 Å². The van der Waals surface area contributed by atoms with Gasteiger partial charge in [0.2, 0.25) is 0 Å². The van der Waals surface area contributed by atoms with Crippen molar-refractivity contribution in [3.63, 3.8) is 0 Å². The summed E-state index contributed by atoms with van der Waals surface area (Å²) in [6.07, 6.45) is -0.0767. The second-order valence-electron chi connectivity index (χ2n) is 7.55. The van der Waals surface area contributed by atoms with E-state index in [1.54, 1.807) is 7.11 Å². The molecule has 0 aromatic heterocycles. The van der Waals surface area contributed by atoms with E-state index >= 15 is 0 Å². The minimum absolute atomic E-state index is 0.106. The zero-order valence-electron chi connectivity index (χ0n) is 17.3. The highest BCUT2D eigenvalue weighted by Gasteiger charge is 2.25. The van der Waals surface area contributed by atoms with E-state index in [0.717, 1.165) is 24.6 Å². The zero-order valence-corrected chi connectivity index (χ0v) is 17.3. The molecule has 0 unspecified atom stereocenters. The number of hydrogen-bond acceptors (Lipinski definition) is 3. The van der Waals surface area contributed by atoms with Gasteiger partial charge in [0.05, 0.1) is 18.8 Å². The van der Waals surface area contributed by atoms with Crippen LogP contribution in [0.15, 0.2) is 42.5 Å². The summed E-state index contributed by atoms with van der Waals surface area (Å²) in [5, 5.41) is 0.539. The van der Waals surface area contributed by atoms with Crippen LogP contribution < -0.4 is 0 Å². The van der Waals surface area contributed by atoms with Crippen LogP contribution in [0.4, 0.5) is 17.6 Å². The molecule has 1 fully saturated rings. The summed E-state index contributed by atoms with van der Waals surface area (Å²) in [7, 11) is 1.62. The minimum atomic E-state index is -0.952. The van der Waals surface area contributed by atoms with Gasteiger partial charge in [0.1, 0.15) is 11.6 Å². The smallest absolute Gasteiger partial charge is 0.184 e. The van der Waals surface area contributed by atoms with Gasteiger partial charge in [0.25, 0.3) is 0 Å². The summed E-state index contributed by atoms with van der Waals surface area (Å²) in [5.41, 5.74) is 0.249. The van der Waals surface area contributed by atoms with E-state index in [-0.39, 0.29) is 16.9 Å². The van der Waals surface area contributed by atoms with Gasteiger partial charge in [-0.1, -0.05) is 24.0 Å². The van der Waals surface area contributed by atoms with E-state index in [2.05, 4.69) is 11.8 Å². The zero-order chi connectivity index (χ0) is 22.7. The van der Waals surface area contributed by atoms with E-state index < -0.39 is 35.1 Å². The maximum Gasteiger partial charge on any atom is 0.184 e. The lowest BCUT2D eigenvalue weighted by Crippen LogP contribution is -2.28. The quantitative estimate of drug-likeness (QED) is 0.393. The Hall–Kier alpha value is -2.92. The molecule has 3 aromatic carbocycles. The lowest BCUT2D eigenvalue weighted by Gasteiger charge is -2.29. The second kappa shape index (κ2) is 9.70. The van der Waals surface area contributed by atoms with Crippen LogP contribution >= 0.6 is 0 Å². The predicted octanol–water partition coefficient (Wildman–Crippen LogP) is 5.49. The van der Waals surface area contributed by atoms with Crippen molar-refractivity contribution in [1.29, 1.82) is 0 Å². The Morgan fingerprint density at radius 3 is 2.31 bits per heavy atom. The molecule has 3 aromatic rings. The lowest BCUT2D eigenvalue weighted by atomic mass is 10.0. The molecule has 0 N–H and O–H groups in total. The number of hydrogen-bond donors (Lipinski definition) is 0. The summed E-state index contributed by atoms with van der Waals surface area (Å²) >= 11 is 0. The number of benzene rings is 3. The fraction of sp³-hybridized carbons (Fsp3) is 0.280. The van der Waals surface area contributed by atoms with Crippen molar-refractivity contribution in [2.75, 3.05) is 26.9 Å². The first-order valence-corrected chi connectivity index (χ1v) is 10.1. The summed E-state index contributed by atoms with van der Waals surface area (Å²) < 4.78 is 72.6. The Balaban J connectivity index is 1.52. The molecule has 0 atom stereocenters. The summed E-state index contributed by atoms with van der Waals surface area (Å²) in [6.45, 7) is 1.40. The third-order valence-electron chi connectivity index (χ3n) is 5.27. The van der Waals surface area contributed by atoms with Crippen LogP contribution in [0.5, 0.6) is 0 Å². The van der Waals surface area contributed by atoms with Crippen LogP contribution in [0.1, 0.15) is 29.4 Å². The fourth-order valence-corrected chi connectivity index (χ4v) is 3.51. The third-order valence-corrected chi connectivity index (χ3v) is 5.27. The molecular formula is C25H20F4O3. The SMILES string of the molecule is COCCC1COC(c2cc(F)c(C#Cc3ccc4c(F)c(F)ccc4c3)c(F)c2)OC1. The van der Waals surface area contributed by atoms with E-state index in [1.807, 2.05) is 0 Å². The van der Waals surface area contributed by atoms with Crippen molar-refractivity contribution in [3.8, 4) is 11.8 Å². The van der Waals surface area contributed by atoms with E-state index in [9.17, 15) is 17.6 Å². The Kier molecular flexibility index (Phi) is 6.75. The molecule has 32 heavy (non-hydrogen) atoms. The number of halogens is 4. The van der Waals surface area contributed by atoms with Crippen molar-refractivity contribution in [2.45, 2.75) is 12.7 Å². The molecule has 1 heterocycles. The average molecular weight is 444 g/mol. The maximum atomic E-state index is 14.6. The Morgan fingerprint density at radius 2 is 1.62 bits per heavy atom. The van der Waals surface area contributed by atoms with Crippen molar-refractivity contribution < 1.29 is 31.8 Å². The molecule has 0 bridgehead atoms. The van der Waals surface area contributed by atoms with Crippen LogP contribution in [-0.2, 0) is 14.2 Å². The highest BCUT2D eigenvalue weighted by atomic mass is 19.2. The van der Waals surface area contributed by atoms with Crippen molar-refractivity contribution in [3.05, 3.63) is 82.4 Å². The molecule has 1 aliphatic rings. The third kappa shape index (κ3) is 4.78. The van der Waals surface area contributed by atoms with Gasteiger partial charge in [-0.05, 0) is 42.1 Å². The van der Waals surface area contributed by atoms with E-state index in [4.69, 9.17) is 14.2 Å². The monoisotopic (exact) mass is 444 g/mol. The summed E-state index contributed by atoms with van der Waals surface area (Å²) in [6, 6.07) is 9.09. The Morgan fingerprint density at radius 1 is 0.906 bits per heavy atom. The summed E-state index contributed by atoms with van der Waals surface area (Å²) in [4.78, 5) is 0. The van der Waals surface area contributed by atoms with E-state index in [1.165, 1.54) is 24.3 Å². The molecule has 166 valence electrons.